The van der Waals surface area contributed by atoms with Crippen LogP contribution in [-0.4, -0.2) is 59.0 Å². The van der Waals surface area contributed by atoms with Crippen LogP contribution in [0.4, 0.5) is 0 Å². The molecule has 0 radical (unpaired) electrons. The number of aliphatic imine (C=N–C) groups is 1. The molecule has 1 fully saturated rings. The normalized spacial score (nSPS) is 16.5. The lowest BCUT2D eigenvalue weighted by Gasteiger charge is -2.33. The average molecular weight is 383 g/mol. The first kappa shape index (κ1) is 20.4. The Hall–Kier alpha value is -2.34. The van der Waals surface area contributed by atoms with E-state index in [9.17, 15) is 0 Å². The summed E-state index contributed by atoms with van der Waals surface area (Å²) in [5.74, 6) is 0.917. The molecule has 0 aromatic carbocycles. The minimum Gasteiger partial charge on any atom is -0.357 e. The maximum atomic E-state index is 4.78. The third-order valence-electron chi connectivity index (χ3n) is 5.13. The second-order valence-corrected chi connectivity index (χ2v) is 7.82. The van der Waals surface area contributed by atoms with E-state index in [1.54, 1.807) is 0 Å². The van der Waals surface area contributed by atoms with Gasteiger partial charge < -0.3 is 15.0 Å². The summed E-state index contributed by atoms with van der Waals surface area (Å²) in [5.41, 5.74) is 4.56. The molecule has 0 atom stereocenters. The quantitative estimate of drug-likeness (QED) is 0.439. The third-order valence-corrected chi connectivity index (χ3v) is 5.13. The minimum absolute atomic E-state index is 0.483. The van der Waals surface area contributed by atoms with E-state index in [1.165, 1.54) is 11.1 Å². The molecule has 1 aliphatic heterocycles. The van der Waals surface area contributed by atoms with Crippen LogP contribution in [0, 0.1) is 6.92 Å². The van der Waals surface area contributed by atoms with Crippen molar-refractivity contribution in [1.29, 1.82) is 0 Å². The number of rotatable bonds is 7. The third kappa shape index (κ3) is 5.58. The van der Waals surface area contributed by atoms with E-state index in [0.29, 0.717) is 6.04 Å². The van der Waals surface area contributed by atoms with Gasteiger partial charge in [-0.25, -0.2) is 4.98 Å². The fourth-order valence-corrected chi connectivity index (χ4v) is 3.74. The van der Waals surface area contributed by atoms with Crippen LogP contribution in [0.15, 0.2) is 41.7 Å². The molecule has 28 heavy (non-hydrogen) atoms. The Morgan fingerprint density at radius 2 is 2.14 bits per heavy atom. The highest BCUT2D eigenvalue weighted by atomic mass is 15.2. The molecule has 0 amide bonds. The highest BCUT2D eigenvalue weighted by molar-refractivity contribution is 5.80. The van der Waals surface area contributed by atoms with Gasteiger partial charge in [-0.1, -0.05) is 18.2 Å². The minimum atomic E-state index is 0.483. The van der Waals surface area contributed by atoms with Crippen LogP contribution >= 0.6 is 0 Å². The zero-order valence-corrected chi connectivity index (χ0v) is 17.5. The first-order valence-corrected chi connectivity index (χ1v) is 10.4. The number of pyridine rings is 1. The Bertz CT molecular complexity index is 814. The number of nitrogens with one attached hydrogen (secondary N) is 2. The Labute approximate surface area is 168 Å². The smallest absolute Gasteiger partial charge is 0.191 e. The first-order valence-electron chi connectivity index (χ1n) is 10.4. The van der Waals surface area contributed by atoms with Crippen molar-refractivity contribution in [1.82, 2.24) is 24.9 Å². The number of aryl methyl sites for hydroxylation is 1. The van der Waals surface area contributed by atoms with Crippen LogP contribution in [0.25, 0.3) is 5.65 Å². The number of fused-ring (bicyclic) bond motifs is 1. The lowest BCUT2D eigenvalue weighted by molar-refractivity contribution is 0.221. The molecule has 2 aromatic rings. The average Bonchev–Trinajstić information content (AvgIpc) is 3.07. The second kappa shape index (κ2) is 9.73. The van der Waals surface area contributed by atoms with E-state index in [0.717, 1.165) is 69.3 Å². The maximum absolute atomic E-state index is 4.78. The number of hydrogen-bond acceptors (Lipinski definition) is 3. The number of aromatic nitrogens is 2. The number of guanidine groups is 1. The van der Waals surface area contributed by atoms with Crippen LogP contribution in [0.5, 0.6) is 0 Å². The molecule has 3 rings (SSSR count). The molecule has 0 aliphatic carbocycles. The van der Waals surface area contributed by atoms with Gasteiger partial charge in [-0.3, -0.25) is 9.89 Å². The summed E-state index contributed by atoms with van der Waals surface area (Å²) in [5, 5.41) is 7.00. The monoisotopic (exact) mass is 382 g/mol. The molecule has 0 bridgehead atoms. The number of imidazole rings is 1. The van der Waals surface area contributed by atoms with E-state index >= 15 is 0 Å². The van der Waals surface area contributed by atoms with Crippen molar-refractivity contribution in [3.63, 3.8) is 0 Å². The predicted molar refractivity (Wildman–Crippen MR) is 117 cm³/mol. The van der Waals surface area contributed by atoms with Crippen molar-refractivity contribution >= 4 is 11.6 Å². The van der Waals surface area contributed by atoms with E-state index in [2.05, 4.69) is 65.6 Å². The van der Waals surface area contributed by atoms with Crippen molar-refractivity contribution in [2.45, 2.75) is 46.1 Å². The molecule has 152 valence electrons. The number of hydrogen-bond donors (Lipinski definition) is 2. The fraction of sp³-hybridized carbons (Fsp3) is 0.545. The van der Waals surface area contributed by atoms with Gasteiger partial charge in [0.25, 0.3) is 0 Å². The van der Waals surface area contributed by atoms with Crippen molar-refractivity contribution < 1.29 is 0 Å². The van der Waals surface area contributed by atoms with Crippen molar-refractivity contribution in [3.05, 3.63) is 47.9 Å². The highest BCUT2D eigenvalue weighted by Gasteiger charge is 2.19. The molecule has 0 spiro atoms. The molecule has 2 aromatic heterocycles. The number of nitrogens with zero attached hydrogens (tertiary/aromatic N) is 4. The van der Waals surface area contributed by atoms with Crippen molar-refractivity contribution in [2.24, 2.45) is 4.99 Å². The lowest BCUT2D eigenvalue weighted by Crippen LogP contribution is -2.49. The van der Waals surface area contributed by atoms with Gasteiger partial charge in [0.05, 0.1) is 5.69 Å². The van der Waals surface area contributed by atoms with Crippen LogP contribution in [0.3, 0.4) is 0 Å². The molecule has 0 unspecified atom stereocenters. The number of piperidine rings is 1. The molecule has 2 N–H and O–H groups in total. The van der Waals surface area contributed by atoms with Crippen LogP contribution in [0.1, 0.15) is 37.9 Å². The van der Waals surface area contributed by atoms with Gasteiger partial charge in [-0.2, -0.15) is 0 Å². The summed E-state index contributed by atoms with van der Waals surface area (Å²) in [6, 6.07) is 4.64. The zero-order chi connectivity index (χ0) is 19.9. The van der Waals surface area contributed by atoms with Gasteiger partial charge in [0, 0.05) is 57.6 Å². The summed E-state index contributed by atoms with van der Waals surface area (Å²) < 4.78 is 2.09. The number of likely N-dealkylation sites (tertiary alicyclic amines) is 1. The Balaban J connectivity index is 1.52. The Morgan fingerprint density at radius 3 is 2.82 bits per heavy atom. The second-order valence-electron chi connectivity index (χ2n) is 7.82. The van der Waals surface area contributed by atoms with E-state index < -0.39 is 0 Å². The van der Waals surface area contributed by atoms with Crippen molar-refractivity contribution in [3.8, 4) is 0 Å². The highest BCUT2D eigenvalue weighted by Crippen LogP contribution is 2.12. The first-order chi connectivity index (χ1) is 13.5. The topological polar surface area (TPSA) is 57.0 Å². The van der Waals surface area contributed by atoms with E-state index in [4.69, 9.17) is 9.98 Å². The summed E-state index contributed by atoms with van der Waals surface area (Å²) in [6.45, 7) is 15.2. The summed E-state index contributed by atoms with van der Waals surface area (Å²) in [6.07, 6.45) is 7.28. The van der Waals surface area contributed by atoms with Gasteiger partial charge in [0.15, 0.2) is 5.96 Å². The Kier molecular flexibility index (Phi) is 7.09. The van der Waals surface area contributed by atoms with E-state index in [-0.39, 0.29) is 0 Å². The molecule has 1 saturated heterocycles. The fourth-order valence-electron chi connectivity index (χ4n) is 3.74. The van der Waals surface area contributed by atoms with Crippen LogP contribution < -0.4 is 10.6 Å². The SMILES string of the molecule is C=C(C)CN1CCC(NC(=NCCc2cn3cccc(C)c3n2)NCC)CC1. The molecular formula is C22H34N6. The molecule has 6 nitrogen and oxygen atoms in total. The van der Waals surface area contributed by atoms with Gasteiger partial charge in [0.1, 0.15) is 5.65 Å². The van der Waals surface area contributed by atoms with E-state index in [1.807, 2.05) is 6.20 Å². The molecule has 1 aliphatic rings. The summed E-state index contributed by atoms with van der Waals surface area (Å²) in [4.78, 5) is 12.0. The zero-order valence-electron chi connectivity index (χ0n) is 17.5. The molecular weight excluding hydrogens is 348 g/mol. The Morgan fingerprint density at radius 1 is 1.36 bits per heavy atom. The lowest BCUT2D eigenvalue weighted by atomic mass is 10.0. The standard InChI is InChI=1S/C22H34N6/c1-5-23-22(26-19-9-13-27(14-10-19)15-17(2)3)24-11-8-20-16-28-12-6-7-18(4)21(28)25-20/h6-7,12,16,19H,2,5,8-11,13-15H2,1,3-4H3,(H2,23,24,26). The van der Waals surface area contributed by atoms with Gasteiger partial charge in [-0.15, -0.1) is 0 Å². The summed E-state index contributed by atoms with van der Waals surface area (Å²) >= 11 is 0. The molecule has 3 heterocycles. The maximum Gasteiger partial charge on any atom is 0.191 e. The molecule has 0 saturated carbocycles. The molecule has 6 heteroatoms. The largest absolute Gasteiger partial charge is 0.357 e. The summed E-state index contributed by atoms with van der Waals surface area (Å²) in [7, 11) is 0. The van der Waals surface area contributed by atoms with Crippen LogP contribution in [0.2, 0.25) is 0 Å². The van der Waals surface area contributed by atoms with Crippen LogP contribution in [-0.2, 0) is 6.42 Å². The van der Waals surface area contributed by atoms with Gasteiger partial charge >= 0.3 is 0 Å². The van der Waals surface area contributed by atoms with Crippen molar-refractivity contribution in [2.75, 3.05) is 32.7 Å². The predicted octanol–water partition coefficient (Wildman–Crippen LogP) is 2.78. The van der Waals surface area contributed by atoms with Gasteiger partial charge in [0.2, 0.25) is 0 Å². The van der Waals surface area contributed by atoms with Gasteiger partial charge in [-0.05, 0) is 45.2 Å².